The van der Waals surface area contributed by atoms with E-state index in [4.69, 9.17) is 4.74 Å². The summed E-state index contributed by atoms with van der Waals surface area (Å²) in [5.74, 6) is 1.23. The van der Waals surface area contributed by atoms with Crippen molar-refractivity contribution < 1.29 is 4.74 Å². The smallest absolute Gasteiger partial charge is 0.0681 e. The van der Waals surface area contributed by atoms with Gasteiger partial charge >= 0.3 is 0 Å². The maximum absolute atomic E-state index is 6.26. The van der Waals surface area contributed by atoms with E-state index in [1.165, 1.54) is 120 Å². The van der Waals surface area contributed by atoms with Crippen molar-refractivity contribution in [3.05, 3.63) is 143 Å². The summed E-state index contributed by atoms with van der Waals surface area (Å²) in [7, 11) is 0. The molecule has 0 N–H and O–H groups in total. The highest BCUT2D eigenvalue weighted by molar-refractivity contribution is 5.65. The molecule has 0 saturated heterocycles. The van der Waals surface area contributed by atoms with Gasteiger partial charge in [-0.05, 0) is 132 Å². The van der Waals surface area contributed by atoms with Gasteiger partial charge in [0.1, 0.15) is 0 Å². The highest BCUT2D eigenvalue weighted by Crippen LogP contribution is 2.35. The second-order valence-electron chi connectivity index (χ2n) is 14.7. The van der Waals surface area contributed by atoms with Crippen LogP contribution in [0.3, 0.4) is 0 Å². The number of unbranched alkanes of at least 4 members (excludes halogenated alkanes) is 4. The van der Waals surface area contributed by atoms with Crippen molar-refractivity contribution >= 4 is 0 Å². The van der Waals surface area contributed by atoms with Gasteiger partial charge in [0, 0.05) is 0 Å². The SMILES string of the molecule is CCCCCc1ccc(-c2ccc(C3CC=C(COCC4=CCC(c5ccc(-c6ccc(CCCCC)cc6)cc5)CC4)CC3)cc2)cc1. The van der Waals surface area contributed by atoms with Crippen molar-refractivity contribution in [3.8, 4) is 22.3 Å². The van der Waals surface area contributed by atoms with Crippen LogP contribution in [-0.2, 0) is 17.6 Å². The first kappa shape index (κ1) is 35.2. The van der Waals surface area contributed by atoms with Gasteiger partial charge in [-0.1, -0.05) is 149 Å². The van der Waals surface area contributed by atoms with Crippen molar-refractivity contribution in [3.63, 3.8) is 0 Å². The summed E-state index contributed by atoms with van der Waals surface area (Å²) in [6, 6.07) is 37.1. The van der Waals surface area contributed by atoms with Gasteiger partial charge in [-0.3, -0.25) is 0 Å². The number of allylic oxidation sites excluding steroid dienone is 2. The predicted molar refractivity (Wildman–Crippen MR) is 210 cm³/mol. The molecule has 2 unspecified atom stereocenters. The van der Waals surface area contributed by atoms with E-state index in [1.54, 1.807) is 0 Å². The summed E-state index contributed by atoms with van der Waals surface area (Å²) in [4.78, 5) is 0. The fourth-order valence-corrected chi connectivity index (χ4v) is 7.74. The standard InChI is InChI=1S/C48H58O/c1-3-5-7-9-37-11-19-41(20-12-37)45-27-31-47(32-28-45)43-23-15-39(16-24-43)35-49-36-40-17-25-44(26-18-40)48-33-29-46(30-34-48)42-21-13-38(14-22-42)10-8-6-4-2/h11-15,17,19-22,27-34,43-44H,3-10,16,18,23-26,35-36H2,1-2H3. The van der Waals surface area contributed by atoms with Crippen molar-refractivity contribution in [2.24, 2.45) is 0 Å². The fraction of sp³-hybridized carbons (Fsp3) is 0.417. The Bertz CT molecular complexity index is 1490. The van der Waals surface area contributed by atoms with E-state index >= 15 is 0 Å². The summed E-state index contributed by atoms with van der Waals surface area (Å²) < 4.78 is 6.26. The van der Waals surface area contributed by atoms with E-state index in [-0.39, 0.29) is 0 Å². The van der Waals surface area contributed by atoms with E-state index in [9.17, 15) is 0 Å². The summed E-state index contributed by atoms with van der Waals surface area (Å²) in [5, 5.41) is 0. The lowest BCUT2D eigenvalue weighted by molar-refractivity contribution is 0.172. The number of rotatable bonds is 16. The van der Waals surface area contributed by atoms with Crippen LogP contribution in [0.5, 0.6) is 0 Å². The first-order valence-corrected chi connectivity index (χ1v) is 19.5. The number of aryl methyl sites for hydroxylation is 2. The molecule has 2 aliphatic rings. The molecule has 2 aliphatic carbocycles. The monoisotopic (exact) mass is 650 g/mol. The third kappa shape index (κ3) is 10.2. The van der Waals surface area contributed by atoms with E-state index < -0.39 is 0 Å². The molecule has 256 valence electrons. The Labute approximate surface area is 297 Å². The van der Waals surface area contributed by atoms with Crippen LogP contribution < -0.4 is 0 Å². The Morgan fingerprint density at radius 3 is 1.16 bits per heavy atom. The van der Waals surface area contributed by atoms with Crippen LogP contribution in [0.4, 0.5) is 0 Å². The lowest BCUT2D eigenvalue weighted by atomic mass is 9.84. The number of hydrogen-bond acceptors (Lipinski definition) is 1. The fourth-order valence-electron chi connectivity index (χ4n) is 7.74. The van der Waals surface area contributed by atoms with Crippen molar-refractivity contribution in [2.75, 3.05) is 13.2 Å². The zero-order chi connectivity index (χ0) is 33.7. The average molecular weight is 651 g/mol. The molecular formula is C48H58O. The van der Waals surface area contributed by atoms with Gasteiger partial charge in [0.2, 0.25) is 0 Å². The molecule has 0 spiro atoms. The zero-order valence-corrected chi connectivity index (χ0v) is 30.3. The van der Waals surface area contributed by atoms with E-state index in [1.807, 2.05) is 0 Å². The first-order chi connectivity index (χ1) is 24.2. The molecule has 4 aromatic carbocycles. The van der Waals surface area contributed by atoms with Crippen molar-refractivity contribution in [1.82, 2.24) is 0 Å². The topological polar surface area (TPSA) is 9.23 Å². The van der Waals surface area contributed by atoms with Crippen molar-refractivity contribution in [2.45, 2.75) is 116 Å². The minimum Gasteiger partial charge on any atom is -0.373 e. The summed E-state index contributed by atoms with van der Waals surface area (Å²) >= 11 is 0. The Kier molecular flexibility index (Phi) is 13.2. The Morgan fingerprint density at radius 1 is 0.469 bits per heavy atom. The Morgan fingerprint density at radius 2 is 0.837 bits per heavy atom. The quantitative estimate of drug-likeness (QED) is 0.0866. The minimum atomic E-state index is 0.617. The lowest BCUT2D eigenvalue weighted by Crippen LogP contribution is -2.11. The van der Waals surface area contributed by atoms with Gasteiger partial charge in [-0.15, -0.1) is 0 Å². The number of ether oxygens (including phenoxy) is 1. The van der Waals surface area contributed by atoms with Gasteiger partial charge in [0.15, 0.2) is 0 Å². The molecule has 2 atom stereocenters. The van der Waals surface area contributed by atoms with Crippen LogP contribution in [0, 0.1) is 0 Å². The normalized spacial score (nSPS) is 17.8. The van der Waals surface area contributed by atoms with E-state index in [0.29, 0.717) is 11.8 Å². The first-order valence-electron chi connectivity index (χ1n) is 19.5. The number of benzene rings is 4. The molecule has 0 saturated carbocycles. The second-order valence-corrected chi connectivity index (χ2v) is 14.7. The molecule has 1 heteroatoms. The average Bonchev–Trinajstić information content (AvgIpc) is 3.16. The molecule has 1 nitrogen and oxygen atoms in total. The van der Waals surface area contributed by atoms with Crippen LogP contribution >= 0.6 is 0 Å². The van der Waals surface area contributed by atoms with Crippen LogP contribution in [-0.4, -0.2) is 13.2 Å². The molecule has 0 amide bonds. The predicted octanol–water partition coefficient (Wildman–Crippen LogP) is 13.6. The molecule has 0 fully saturated rings. The van der Waals surface area contributed by atoms with Gasteiger partial charge in [-0.25, -0.2) is 0 Å². The molecule has 0 aromatic heterocycles. The molecule has 0 bridgehead atoms. The Hall–Kier alpha value is -3.68. The molecule has 0 aliphatic heterocycles. The third-order valence-corrected chi connectivity index (χ3v) is 11.1. The third-order valence-electron chi connectivity index (χ3n) is 11.1. The molecular weight excluding hydrogens is 593 g/mol. The maximum atomic E-state index is 6.26. The Balaban J connectivity index is 0.910. The molecule has 0 heterocycles. The number of hydrogen-bond donors (Lipinski definition) is 0. The minimum absolute atomic E-state index is 0.617. The van der Waals surface area contributed by atoms with Crippen LogP contribution in [0.15, 0.2) is 120 Å². The lowest BCUT2D eigenvalue weighted by Gasteiger charge is -2.24. The van der Waals surface area contributed by atoms with Gasteiger partial charge < -0.3 is 4.74 Å². The molecule has 49 heavy (non-hydrogen) atoms. The largest absolute Gasteiger partial charge is 0.373 e. The van der Waals surface area contributed by atoms with Crippen LogP contribution in [0.25, 0.3) is 22.3 Å². The van der Waals surface area contributed by atoms with Gasteiger partial charge in [-0.2, -0.15) is 0 Å². The highest BCUT2D eigenvalue weighted by atomic mass is 16.5. The maximum Gasteiger partial charge on any atom is 0.0681 e. The van der Waals surface area contributed by atoms with Gasteiger partial charge in [0.05, 0.1) is 13.2 Å². The molecule has 4 aromatic rings. The summed E-state index contributed by atoms with van der Waals surface area (Å²) in [6.45, 7) is 6.10. The second kappa shape index (κ2) is 18.4. The van der Waals surface area contributed by atoms with Crippen molar-refractivity contribution in [1.29, 1.82) is 0 Å². The van der Waals surface area contributed by atoms with E-state index in [0.717, 1.165) is 38.9 Å². The summed E-state index contributed by atoms with van der Waals surface area (Å²) in [6.07, 6.45) is 22.0. The zero-order valence-electron chi connectivity index (χ0n) is 30.3. The van der Waals surface area contributed by atoms with Crippen LogP contribution in [0.2, 0.25) is 0 Å². The van der Waals surface area contributed by atoms with E-state index in [2.05, 4.69) is 123 Å². The van der Waals surface area contributed by atoms with Gasteiger partial charge in [0.25, 0.3) is 0 Å². The van der Waals surface area contributed by atoms with Crippen LogP contribution in [0.1, 0.15) is 125 Å². The highest BCUT2D eigenvalue weighted by Gasteiger charge is 2.19. The molecule has 0 radical (unpaired) electrons. The molecule has 6 rings (SSSR count). The summed E-state index contributed by atoms with van der Waals surface area (Å²) in [5.41, 5.74) is 14.1.